The van der Waals surface area contributed by atoms with Gasteiger partial charge in [-0.3, -0.25) is 4.98 Å². The molecule has 0 aliphatic heterocycles. The fourth-order valence-electron chi connectivity index (χ4n) is 2.42. The molecule has 0 amide bonds. The minimum absolute atomic E-state index is 0.431. The quantitative estimate of drug-likeness (QED) is 0.684. The zero-order valence-electron chi connectivity index (χ0n) is 11.4. The number of imidazole rings is 1. The van der Waals surface area contributed by atoms with Crippen LogP contribution in [0.25, 0.3) is 11.0 Å². The Morgan fingerprint density at radius 2 is 2.15 bits per heavy atom. The van der Waals surface area contributed by atoms with E-state index in [0.717, 1.165) is 29.8 Å². The first-order valence-electron chi connectivity index (χ1n) is 6.68. The fraction of sp³-hybridized carbons (Fsp3) is 0.250. The summed E-state index contributed by atoms with van der Waals surface area (Å²) in [6, 6.07) is 10.4. The molecular weight excluding hydrogens is 270 g/mol. The number of aromatic nitrogens is 3. The number of hydrogen-bond acceptors (Lipinski definition) is 2. The topological polar surface area (TPSA) is 30.7 Å². The normalized spacial score (nSPS) is 11.1. The highest BCUT2D eigenvalue weighted by Crippen LogP contribution is 2.19. The van der Waals surface area contributed by atoms with Crippen molar-refractivity contribution >= 4 is 22.6 Å². The molecule has 0 unspecified atom stereocenters. The molecule has 3 nitrogen and oxygen atoms in total. The van der Waals surface area contributed by atoms with Gasteiger partial charge < -0.3 is 4.57 Å². The molecule has 102 valence electrons. The van der Waals surface area contributed by atoms with E-state index in [1.165, 1.54) is 11.1 Å². The highest BCUT2D eigenvalue weighted by molar-refractivity contribution is 6.16. The average Bonchev–Trinajstić information content (AvgIpc) is 2.83. The summed E-state index contributed by atoms with van der Waals surface area (Å²) in [5, 5.41) is 0. The maximum atomic E-state index is 6.03. The van der Waals surface area contributed by atoms with Gasteiger partial charge in [0.15, 0.2) is 0 Å². The molecule has 20 heavy (non-hydrogen) atoms. The van der Waals surface area contributed by atoms with Crippen LogP contribution in [0, 0.1) is 6.92 Å². The summed E-state index contributed by atoms with van der Waals surface area (Å²) in [7, 11) is 0. The number of benzene rings is 1. The lowest BCUT2D eigenvalue weighted by Crippen LogP contribution is -2.05. The second-order valence-electron chi connectivity index (χ2n) is 4.92. The van der Waals surface area contributed by atoms with E-state index in [9.17, 15) is 0 Å². The van der Waals surface area contributed by atoms with E-state index in [-0.39, 0.29) is 0 Å². The minimum Gasteiger partial charge on any atom is -0.327 e. The summed E-state index contributed by atoms with van der Waals surface area (Å²) >= 11 is 6.03. The second-order valence-corrected chi connectivity index (χ2v) is 5.18. The Morgan fingerprint density at radius 1 is 1.25 bits per heavy atom. The lowest BCUT2D eigenvalue weighted by atomic mass is 10.2. The minimum atomic E-state index is 0.431. The Balaban J connectivity index is 1.95. The summed E-state index contributed by atoms with van der Waals surface area (Å²) in [5.41, 5.74) is 4.63. The predicted molar refractivity (Wildman–Crippen MR) is 82.0 cm³/mol. The maximum absolute atomic E-state index is 6.03. The molecule has 0 saturated heterocycles. The fourth-order valence-corrected chi connectivity index (χ4v) is 2.63. The molecule has 4 heteroatoms. The standard InChI is InChI=1S/C16H16ClN3/c1-12-4-5-14-15(9-12)20(16(10-17)19-14)8-6-13-3-2-7-18-11-13/h2-5,7,9,11H,6,8,10H2,1H3. The van der Waals surface area contributed by atoms with E-state index in [2.05, 4.69) is 45.7 Å². The second kappa shape index (κ2) is 5.63. The van der Waals surface area contributed by atoms with E-state index in [1.54, 1.807) is 6.20 Å². The van der Waals surface area contributed by atoms with Crippen molar-refractivity contribution in [3.05, 3.63) is 59.7 Å². The number of aryl methyl sites for hydroxylation is 3. The van der Waals surface area contributed by atoms with Crippen LogP contribution >= 0.6 is 11.6 Å². The Bertz CT molecular complexity index is 719. The Labute approximate surface area is 123 Å². The van der Waals surface area contributed by atoms with Crippen molar-refractivity contribution in [2.24, 2.45) is 0 Å². The van der Waals surface area contributed by atoms with Crippen molar-refractivity contribution in [2.75, 3.05) is 0 Å². The molecule has 0 aliphatic rings. The SMILES string of the molecule is Cc1ccc2nc(CCl)n(CCc3cccnc3)c2c1. The van der Waals surface area contributed by atoms with Crippen molar-refractivity contribution in [2.45, 2.75) is 25.8 Å². The van der Waals surface area contributed by atoms with Gasteiger partial charge in [-0.1, -0.05) is 12.1 Å². The average molecular weight is 286 g/mol. The number of fused-ring (bicyclic) bond motifs is 1. The van der Waals surface area contributed by atoms with Crippen LogP contribution in [0.3, 0.4) is 0 Å². The van der Waals surface area contributed by atoms with Crippen LogP contribution in [-0.2, 0) is 18.8 Å². The summed E-state index contributed by atoms with van der Waals surface area (Å²) in [6.45, 7) is 2.96. The summed E-state index contributed by atoms with van der Waals surface area (Å²) in [4.78, 5) is 8.75. The van der Waals surface area contributed by atoms with Crippen LogP contribution in [0.15, 0.2) is 42.7 Å². The lowest BCUT2D eigenvalue weighted by molar-refractivity contribution is 0.686. The molecule has 0 radical (unpaired) electrons. The van der Waals surface area contributed by atoms with E-state index < -0.39 is 0 Å². The van der Waals surface area contributed by atoms with Crippen molar-refractivity contribution in [3.63, 3.8) is 0 Å². The molecule has 0 bridgehead atoms. The summed E-state index contributed by atoms with van der Waals surface area (Å²) < 4.78 is 2.21. The first-order chi connectivity index (χ1) is 9.78. The molecule has 3 aromatic rings. The molecule has 0 N–H and O–H groups in total. The maximum Gasteiger partial charge on any atom is 0.124 e. The number of alkyl halides is 1. The Kier molecular flexibility index (Phi) is 3.70. The highest BCUT2D eigenvalue weighted by Gasteiger charge is 2.10. The predicted octanol–water partition coefficient (Wildman–Crippen LogP) is 3.72. The van der Waals surface area contributed by atoms with Gasteiger partial charge >= 0.3 is 0 Å². The van der Waals surface area contributed by atoms with Crippen LogP contribution in [0.5, 0.6) is 0 Å². The van der Waals surface area contributed by atoms with Crippen LogP contribution in [-0.4, -0.2) is 14.5 Å². The number of rotatable bonds is 4. The number of pyridine rings is 1. The zero-order chi connectivity index (χ0) is 13.9. The molecule has 0 fully saturated rings. The molecule has 0 aliphatic carbocycles. The van der Waals surface area contributed by atoms with Gasteiger partial charge in [0.05, 0.1) is 16.9 Å². The molecule has 3 rings (SSSR count). The van der Waals surface area contributed by atoms with Gasteiger partial charge in [-0.15, -0.1) is 11.6 Å². The first kappa shape index (κ1) is 13.1. The molecule has 0 atom stereocenters. The van der Waals surface area contributed by atoms with E-state index in [0.29, 0.717) is 5.88 Å². The van der Waals surface area contributed by atoms with Crippen LogP contribution in [0.4, 0.5) is 0 Å². The molecule has 0 saturated carbocycles. The Hall–Kier alpha value is -1.87. The Morgan fingerprint density at radius 3 is 2.90 bits per heavy atom. The van der Waals surface area contributed by atoms with E-state index >= 15 is 0 Å². The molecule has 0 spiro atoms. The van der Waals surface area contributed by atoms with Crippen molar-refractivity contribution in [1.82, 2.24) is 14.5 Å². The summed E-state index contributed by atoms with van der Waals surface area (Å²) in [5.74, 6) is 1.36. The monoisotopic (exact) mass is 285 g/mol. The number of halogens is 1. The van der Waals surface area contributed by atoms with Crippen LogP contribution < -0.4 is 0 Å². The third-order valence-corrected chi connectivity index (χ3v) is 3.69. The van der Waals surface area contributed by atoms with E-state index in [1.807, 2.05) is 12.3 Å². The molecule has 2 heterocycles. The van der Waals surface area contributed by atoms with Crippen molar-refractivity contribution in [3.8, 4) is 0 Å². The molecule has 1 aromatic carbocycles. The van der Waals surface area contributed by atoms with Gasteiger partial charge in [0.25, 0.3) is 0 Å². The van der Waals surface area contributed by atoms with Crippen LogP contribution in [0.1, 0.15) is 17.0 Å². The van der Waals surface area contributed by atoms with Crippen molar-refractivity contribution in [1.29, 1.82) is 0 Å². The van der Waals surface area contributed by atoms with Gasteiger partial charge in [0.1, 0.15) is 5.82 Å². The lowest BCUT2D eigenvalue weighted by Gasteiger charge is -2.08. The van der Waals surface area contributed by atoms with Gasteiger partial charge in [-0.2, -0.15) is 0 Å². The van der Waals surface area contributed by atoms with Gasteiger partial charge in [0.2, 0.25) is 0 Å². The zero-order valence-corrected chi connectivity index (χ0v) is 12.1. The summed E-state index contributed by atoms with van der Waals surface area (Å²) in [6.07, 6.45) is 4.63. The van der Waals surface area contributed by atoms with Gasteiger partial charge in [0, 0.05) is 18.9 Å². The number of nitrogens with zero attached hydrogens (tertiary/aromatic N) is 3. The third-order valence-electron chi connectivity index (χ3n) is 3.45. The number of hydrogen-bond donors (Lipinski definition) is 0. The smallest absolute Gasteiger partial charge is 0.124 e. The van der Waals surface area contributed by atoms with Gasteiger partial charge in [-0.25, -0.2) is 4.98 Å². The van der Waals surface area contributed by atoms with Gasteiger partial charge in [-0.05, 0) is 42.7 Å². The van der Waals surface area contributed by atoms with Crippen LogP contribution in [0.2, 0.25) is 0 Å². The van der Waals surface area contributed by atoms with Crippen molar-refractivity contribution < 1.29 is 0 Å². The van der Waals surface area contributed by atoms with E-state index in [4.69, 9.17) is 11.6 Å². The molecule has 2 aromatic heterocycles. The largest absolute Gasteiger partial charge is 0.327 e. The highest BCUT2D eigenvalue weighted by atomic mass is 35.5. The third kappa shape index (κ3) is 2.54. The molecular formula is C16H16ClN3. The first-order valence-corrected chi connectivity index (χ1v) is 7.22.